The second-order valence-corrected chi connectivity index (χ2v) is 5.01. The van der Waals surface area contributed by atoms with Gasteiger partial charge in [-0.05, 0) is 19.3 Å². The first-order chi connectivity index (χ1) is 8.15. The third kappa shape index (κ3) is 3.81. The number of nitrogens with one attached hydrogen (secondary N) is 1. The van der Waals surface area contributed by atoms with Crippen LogP contribution < -0.4 is 5.32 Å². The van der Waals surface area contributed by atoms with Gasteiger partial charge in [0, 0.05) is 24.1 Å². The van der Waals surface area contributed by atoms with Crippen LogP contribution >= 0.6 is 11.3 Å². The SMILES string of the molecule is O=C(O)CCCC(=O)Nc1nc(C2CC2)cs1. The molecule has 0 bridgehead atoms. The zero-order chi connectivity index (χ0) is 12.3. The molecule has 1 aromatic heterocycles. The molecule has 0 aliphatic heterocycles. The van der Waals surface area contributed by atoms with Crippen LogP contribution in [0.4, 0.5) is 5.13 Å². The van der Waals surface area contributed by atoms with Gasteiger partial charge in [-0.2, -0.15) is 0 Å². The Labute approximate surface area is 103 Å². The minimum absolute atomic E-state index is 0.0264. The van der Waals surface area contributed by atoms with Gasteiger partial charge in [-0.3, -0.25) is 9.59 Å². The third-order valence-corrected chi connectivity index (χ3v) is 3.33. The number of carbonyl (C=O) groups excluding carboxylic acids is 1. The molecule has 0 spiro atoms. The Bertz CT molecular complexity index is 426. The molecular weight excluding hydrogens is 240 g/mol. The van der Waals surface area contributed by atoms with Gasteiger partial charge in [0.15, 0.2) is 5.13 Å². The van der Waals surface area contributed by atoms with Crippen molar-refractivity contribution in [2.45, 2.75) is 38.0 Å². The van der Waals surface area contributed by atoms with E-state index in [1.165, 1.54) is 24.2 Å². The average molecular weight is 254 g/mol. The number of aromatic nitrogens is 1. The molecule has 92 valence electrons. The number of carboxylic acid groups (broad SMARTS) is 1. The quantitative estimate of drug-likeness (QED) is 0.815. The van der Waals surface area contributed by atoms with Crippen molar-refractivity contribution < 1.29 is 14.7 Å². The maximum Gasteiger partial charge on any atom is 0.303 e. The van der Waals surface area contributed by atoms with Crippen molar-refractivity contribution in [2.24, 2.45) is 0 Å². The Morgan fingerprint density at radius 3 is 2.88 bits per heavy atom. The van der Waals surface area contributed by atoms with Crippen molar-refractivity contribution in [3.63, 3.8) is 0 Å². The summed E-state index contributed by atoms with van der Waals surface area (Å²) in [5, 5.41) is 13.7. The summed E-state index contributed by atoms with van der Waals surface area (Å²) < 4.78 is 0. The largest absolute Gasteiger partial charge is 0.481 e. The van der Waals surface area contributed by atoms with Crippen LogP contribution in [0.5, 0.6) is 0 Å². The lowest BCUT2D eigenvalue weighted by Gasteiger charge is -1.99. The predicted octanol–water partition coefficient (Wildman–Crippen LogP) is 2.21. The minimum Gasteiger partial charge on any atom is -0.481 e. The number of aliphatic carboxylic acids is 1. The van der Waals surface area contributed by atoms with E-state index in [4.69, 9.17) is 5.11 Å². The number of nitrogens with zero attached hydrogens (tertiary/aromatic N) is 1. The second-order valence-electron chi connectivity index (χ2n) is 4.15. The molecule has 6 heteroatoms. The van der Waals surface area contributed by atoms with E-state index in [-0.39, 0.29) is 18.7 Å². The van der Waals surface area contributed by atoms with Crippen molar-refractivity contribution in [3.05, 3.63) is 11.1 Å². The van der Waals surface area contributed by atoms with E-state index in [0.717, 1.165) is 5.69 Å². The van der Waals surface area contributed by atoms with Gasteiger partial charge in [-0.1, -0.05) is 0 Å². The van der Waals surface area contributed by atoms with Crippen LogP contribution in [-0.4, -0.2) is 22.0 Å². The molecule has 0 radical (unpaired) electrons. The first-order valence-corrected chi connectivity index (χ1v) is 6.50. The van der Waals surface area contributed by atoms with Crippen LogP contribution in [-0.2, 0) is 9.59 Å². The maximum absolute atomic E-state index is 11.5. The van der Waals surface area contributed by atoms with Crippen LogP contribution in [0, 0.1) is 0 Å². The first-order valence-electron chi connectivity index (χ1n) is 5.62. The molecule has 1 aromatic rings. The highest BCUT2D eigenvalue weighted by Gasteiger charge is 2.26. The molecule has 17 heavy (non-hydrogen) atoms. The standard InChI is InChI=1S/C11H14N2O3S/c14-9(2-1-3-10(15)16)13-11-12-8(6-17-11)7-4-5-7/h6-7H,1-5H2,(H,15,16)(H,12,13,14). The summed E-state index contributed by atoms with van der Waals surface area (Å²) in [5.41, 5.74) is 1.07. The fourth-order valence-electron chi connectivity index (χ4n) is 1.49. The molecule has 2 rings (SSSR count). The van der Waals surface area contributed by atoms with E-state index < -0.39 is 5.97 Å². The number of anilines is 1. The number of hydrogen-bond donors (Lipinski definition) is 2. The smallest absolute Gasteiger partial charge is 0.303 e. The summed E-state index contributed by atoms with van der Waals surface area (Å²) in [7, 11) is 0. The van der Waals surface area contributed by atoms with Gasteiger partial charge in [-0.15, -0.1) is 11.3 Å². The Morgan fingerprint density at radius 1 is 1.47 bits per heavy atom. The van der Waals surface area contributed by atoms with Gasteiger partial charge in [0.25, 0.3) is 0 Å². The van der Waals surface area contributed by atoms with Crippen molar-refractivity contribution in [2.75, 3.05) is 5.32 Å². The topological polar surface area (TPSA) is 79.3 Å². The number of thiazole rings is 1. The van der Waals surface area contributed by atoms with Crippen molar-refractivity contribution in [1.29, 1.82) is 0 Å². The minimum atomic E-state index is -0.872. The van der Waals surface area contributed by atoms with E-state index in [1.54, 1.807) is 0 Å². The Balaban J connectivity index is 1.74. The van der Waals surface area contributed by atoms with Gasteiger partial charge < -0.3 is 10.4 Å². The van der Waals surface area contributed by atoms with Crippen LogP contribution in [0.3, 0.4) is 0 Å². The number of carboxylic acids is 1. The van der Waals surface area contributed by atoms with Crippen LogP contribution in [0.25, 0.3) is 0 Å². The monoisotopic (exact) mass is 254 g/mol. The third-order valence-electron chi connectivity index (χ3n) is 2.56. The summed E-state index contributed by atoms with van der Waals surface area (Å²) in [4.78, 5) is 26.1. The molecule has 1 amide bonds. The van der Waals surface area contributed by atoms with E-state index in [9.17, 15) is 9.59 Å². The van der Waals surface area contributed by atoms with E-state index in [2.05, 4.69) is 10.3 Å². The molecule has 0 saturated heterocycles. The number of carbonyl (C=O) groups is 2. The highest BCUT2D eigenvalue weighted by atomic mass is 32.1. The van der Waals surface area contributed by atoms with E-state index >= 15 is 0 Å². The Hall–Kier alpha value is -1.43. The highest BCUT2D eigenvalue weighted by molar-refractivity contribution is 7.13. The molecule has 1 aliphatic rings. The molecule has 5 nitrogen and oxygen atoms in total. The molecule has 1 saturated carbocycles. The summed E-state index contributed by atoms with van der Waals surface area (Å²) >= 11 is 1.43. The summed E-state index contributed by atoms with van der Waals surface area (Å²) in [5.74, 6) is -0.449. The first kappa shape index (κ1) is 12.0. The van der Waals surface area contributed by atoms with Gasteiger partial charge in [0.2, 0.25) is 5.91 Å². The van der Waals surface area contributed by atoms with Crippen LogP contribution in [0.2, 0.25) is 0 Å². The molecule has 1 fully saturated rings. The average Bonchev–Trinajstić information content (AvgIpc) is 3.00. The maximum atomic E-state index is 11.5. The number of hydrogen-bond acceptors (Lipinski definition) is 4. The summed E-state index contributed by atoms with van der Waals surface area (Å²) in [6.07, 6.45) is 3.00. The van der Waals surface area contributed by atoms with Gasteiger partial charge >= 0.3 is 5.97 Å². The zero-order valence-corrected chi connectivity index (χ0v) is 10.1. The Morgan fingerprint density at radius 2 is 2.24 bits per heavy atom. The van der Waals surface area contributed by atoms with Crippen molar-refractivity contribution >= 4 is 28.3 Å². The van der Waals surface area contributed by atoms with Crippen LogP contribution in [0.1, 0.15) is 43.7 Å². The van der Waals surface area contributed by atoms with Gasteiger partial charge in [0.1, 0.15) is 0 Å². The summed E-state index contributed by atoms with van der Waals surface area (Å²) in [6.45, 7) is 0. The summed E-state index contributed by atoms with van der Waals surface area (Å²) in [6, 6.07) is 0. The Kier molecular flexibility index (Phi) is 3.73. The van der Waals surface area contributed by atoms with Crippen molar-refractivity contribution in [3.8, 4) is 0 Å². The lowest BCUT2D eigenvalue weighted by Crippen LogP contribution is -2.11. The fourth-order valence-corrected chi connectivity index (χ4v) is 2.30. The predicted molar refractivity (Wildman–Crippen MR) is 64.2 cm³/mol. The molecule has 2 N–H and O–H groups in total. The molecule has 0 aromatic carbocycles. The lowest BCUT2D eigenvalue weighted by atomic mass is 10.2. The lowest BCUT2D eigenvalue weighted by molar-refractivity contribution is -0.137. The van der Waals surface area contributed by atoms with E-state index in [1.807, 2.05) is 5.38 Å². The molecule has 0 unspecified atom stereocenters. The fraction of sp³-hybridized carbons (Fsp3) is 0.545. The molecule has 0 atom stereocenters. The normalized spacial score (nSPS) is 14.6. The molecule has 1 aliphatic carbocycles. The number of amides is 1. The number of rotatable bonds is 6. The van der Waals surface area contributed by atoms with Crippen molar-refractivity contribution in [1.82, 2.24) is 4.98 Å². The zero-order valence-electron chi connectivity index (χ0n) is 9.31. The molecular formula is C11H14N2O3S. The van der Waals surface area contributed by atoms with Crippen LogP contribution in [0.15, 0.2) is 5.38 Å². The van der Waals surface area contributed by atoms with Gasteiger partial charge in [0.05, 0.1) is 5.69 Å². The molecule has 1 heterocycles. The second kappa shape index (κ2) is 5.27. The van der Waals surface area contributed by atoms with Gasteiger partial charge in [-0.25, -0.2) is 4.98 Å². The highest BCUT2D eigenvalue weighted by Crippen LogP contribution is 2.40. The van der Waals surface area contributed by atoms with E-state index in [0.29, 0.717) is 17.5 Å².